The highest BCUT2D eigenvalue weighted by molar-refractivity contribution is 6.34. The molecule has 150 valence electrons. The molecule has 0 radical (unpaired) electrons. The summed E-state index contributed by atoms with van der Waals surface area (Å²) >= 11 is 5.98. The topological polar surface area (TPSA) is 125 Å². The van der Waals surface area contributed by atoms with Crippen molar-refractivity contribution < 1.29 is 9.72 Å². The number of amides is 1. The molecule has 1 N–H and O–H groups in total. The van der Waals surface area contributed by atoms with Crippen LogP contribution in [-0.2, 0) is 0 Å². The SMILES string of the molecule is Cc1ccc(-n2ncc3c(=O)n(NC(=O)c4cc([N+](=O)[O-])ccc4Cl)cnc32)cc1. The Morgan fingerprint density at radius 1 is 1.20 bits per heavy atom. The third-order valence-corrected chi connectivity index (χ3v) is 4.72. The molecule has 0 spiro atoms. The lowest BCUT2D eigenvalue weighted by molar-refractivity contribution is -0.384. The summed E-state index contributed by atoms with van der Waals surface area (Å²) in [6.07, 6.45) is 2.49. The summed E-state index contributed by atoms with van der Waals surface area (Å²) in [7, 11) is 0. The quantitative estimate of drug-likeness (QED) is 0.396. The van der Waals surface area contributed by atoms with E-state index in [0.29, 0.717) is 5.65 Å². The fourth-order valence-corrected chi connectivity index (χ4v) is 3.04. The van der Waals surface area contributed by atoms with Gasteiger partial charge in [-0.1, -0.05) is 29.3 Å². The minimum Gasteiger partial charge on any atom is -0.267 e. The van der Waals surface area contributed by atoms with Gasteiger partial charge in [0.25, 0.3) is 17.2 Å². The molecular formula is C19H13ClN6O4. The highest BCUT2D eigenvalue weighted by Crippen LogP contribution is 2.22. The molecule has 4 aromatic rings. The van der Waals surface area contributed by atoms with Crippen molar-refractivity contribution in [3.05, 3.63) is 91.6 Å². The summed E-state index contributed by atoms with van der Waals surface area (Å²) in [6.45, 7) is 1.96. The molecule has 0 fully saturated rings. The molecule has 0 aliphatic rings. The van der Waals surface area contributed by atoms with E-state index in [0.717, 1.165) is 28.3 Å². The van der Waals surface area contributed by atoms with Crippen LogP contribution in [0.25, 0.3) is 16.7 Å². The van der Waals surface area contributed by atoms with Gasteiger partial charge in [0.05, 0.1) is 27.4 Å². The van der Waals surface area contributed by atoms with E-state index >= 15 is 0 Å². The largest absolute Gasteiger partial charge is 0.283 e. The van der Waals surface area contributed by atoms with Crippen LogP contribution < -0.4 is 11.0 Å². The fraction of sp³-hybridized carbons (Fsp3) is 0.0526. The van der Waals surface area contributed by atoms with Crippen LogP contribution in [0.5, 0.6) is 0 Å². The second kappa shape index (κ2) is 7.41. The van der Waals surface area contributed by atoms with Gasteiger partial charge in [-0.2, -0.15) is 5.10 Å². The zero-order valence-electron chi connectivity index (χ0n) is 15.4. The lowest BCUT2D eigenvalue weighted by Gasteiger charge is -2.09. The molecule has 4 rings (SSSR count). The van der Waals surface area contributed by atoms with Crippen molar-refractivity contribution >= 4 is 34.2 Å². The second-order valence-corrected chi connectivity index (χ2v) is 6.82. The molecule has 11 heteroatoms. The number of benzene rings is 2. The molecule has 0 atom stereocenters. The number of non-ortho nitro benzene ring substituents is 1. The van der Waals surface area contributed by atoms with E-state index in [1.807, 2.05) is 31.2 Å². The summed E-state index contributed by atoms with van der Waals surface area (Å²) < 4.78 is 2.39. The normalized spacial score (nSPS) is 10.9. The number of nitrogens with zero attached hydrogens (tertiary/aromatic N) is 5. The van der Waals surface area contributed by atoms with Crippen LogP contribution in [0.4, 0.5) is 5.69 Å². The number of carbonyl (C=O) groups is 1. The smallest absolute Gasteiger partial charge is 0.267 e. The summed E-state index contributed by atoms with van der Waals surface area (Å²) in [5, 5.41) is 15.3. The molecule has 0 aliphatic heterocycles. The first kappa shape index (κ1) is 19.3. The number of aryl methyl sites for hydroxylation is 1. The van der Waals surface area contributed by atoms with Gasteiger partial charge >= 0.3 is 0 Å². The first-order valence-electron chi connectivity index (χ1n) is 8.63. The number of halogens is 1. The summed E-state index contributed by atoms with van der Waals surface area (Å²) in [5.41, 5.74) is 3.46. The van der Waals surface area contributed by atoms with Crippen molar-refractivity contribution in [2.75, 3.05) is 5.43 Å². The minimum absolute atomic E-state index is 0.00683. The monoisotopic (exact) mass is 424 g/mol. The molecule has 2 heterocycles. The van der Waals surface area contributed by atoms with Crippen LogP contribution in [0.2, 0.25) is 5.02 Å². The first-order chi connectivity index (χ1) is 14.3. The Bertz CT molecular complexity index is 1360. The van der Waals surface area contributed by atoms with Crippen LogP contribution in [0, 0.1) is 17.0 Å². The molecule has 0 saturated carbocycles. The van der Waals surface area contributed by atoms with Crippen LogP contribution in [0.3, 0.4) is 0 Å². The van der Waals surface area contributed by atoms with E-state index in [1.54, 1.807) is 0 Å². The minimum atomic E-state index is -0.794. The number of nitrogens with one attached hydrogen (secondary N) is 1. The Morgan fingerprint density at radius 2 is 1.93 bits per heavy atom. The number of hydrogen-bond donors (Lipinski definition) is 1. The lowest BCUT2D eigenvalue weighted by Crippen LogP contribution is -2.33. The molecule has 2 aromatic carbocycles. The first-order valence-corrected chi connectivity index (χ1v) is 9.00. The van der Waals surface area contributed by atoms with E-state index in [1.165, 1.54) is 23.0 Å². The molecular weight excluding hydrogens is 412 g/mol. The number of carbonyl (C=O) groups excluding carboxylic acids is 1. The van der Waals surface area contributed by atoms with Gasteiger partial charge in [0.1, 0.15) is 11.7 Å². The number of nitro benzene ring substituents is 1. The molecule has 0 saturated heterocycles. The maximum atomic E-state index is 12.8. The zero-order valence-corrected chi connectivity index (χ0v) is 16.2. The van der Waals surface area contributed by atoms with Gasteiger partial charge in [0.2, 0.25) is 0 Å². The van der Waals surface area contributed by atoms with Gasteiger partial charge in [-0.15, -0.1) is 0 Å². The number of rotatable bonds is 4. The molecule has 0 unspecified atom stereocenters. The highest BCUT2D eigenvalue weighted by Gasteiger charge is 2.18. The third kappa shape index (κ3) is 3.40. The van der Waals surface area contributed by atoms with Crippen LogP contribution >= 0.6 is 11.6 Å². The van der Waals surface area contributed by atoms with Crippen molar-refractivity contribution in [1.82, 2.24) is 19.4 Å². The van der Waals surface area contributed by atoms with Gasteiger partial charge in [-0.3, -0.25) is 25.1 Å². The van der Waals surface area contributed by atoms with E-state index < -0.39 is 16.4 Å². The summed E-state index contributed by atoms with van der Waals surface area (Å²) in [4.78, 5) is 39.8. The number of nitro groups is 1. The van der Waals surface area contributed by atoms with Crippen molar-refractivity contribution in [1.29, 1.82) is 0 Å². The Hall–Kier alpha value is -4.05. The third-order valence-electron chi connectivity index (χ3n) is 4.39. The number of fused-ring (bicyclic) bond motifs is 1. The van der Waals surface area contributed by atoms with E-state index in [9.17, 15) is 19.7 Å². The Morgan fingerprint density at radius 3 is 2.63 bits per heavy atom. The van der Waals surface area contributed by atoms with Crippen molar-refractivity contribution in [2.24, 2.45) is 0 Å². The predicted octanol–water partition coefficient (Wildman–Crippen LogP) is 2.84. The molecule has 30 heavy (non-hydrogen) atoms. The van der Waals surface area contributed by atoms with Gasteiger partial charge in [0.15, 0.2) is 5.65 Å². The van der Waals surface area contributed by atoms with Crippen LogP contribution in [-0.4, -0.2) is 30.3 Å². The van der Waals surface area contributed by atoms with Gasteiger partial charge < -0.3 is 0 Å². The molecule has 10 nitrogen and oxygen atoms in total. The highest BCUT2D eigenvalue weighted by atomic mass is 35.5. The van der Waals surface area contributed by atoms with Gasteiger partial charge in [-0.05, 0) is 25.1 Å². The van der Waals surface area contributed by atoms with Crippen molar-refractivity contribution in [3.8, 4) is 5.69 Å². The molecule has 1 amide bonds. The standard InChI is InChI=1S/C19H13ClN6O4/c1-11-2-4-12(5-3-11)25-17-15(9-22-25)19(28)24(10-21-17)23-18(27)14-8-13(26(29)30)6-7-16(14)20/h2-10H,1H3,(H,23,27). The maximum Gasteiger partial charge on any atom is 0.283 e. The second-order valence-electron chi connectivity index (χ2n) is 6.41. The number of aromatic nitrogens is 4. The Labute approximate surface area is 173 Å². The van der Waals surface area contributed by atoms with Gasteiger partial charge in [-0.25, -0.2) is 14.3 Å². The Kier molecular flexibility index (Phi) is 4.76. The van der Waals surface area contributed by atoms with E-state index in [-0.39, 0.29) is 21.7 Å². The lowest BCUT2D eigenvalue weighted by atomic mass is 10.2. The fourth-order valence-electron chi connectivity index (χ4n) is 2.84. The average molecular weight is 425 g/mol. The maximum absolute atomic E-state index is 12.8. The summed E-state index contributed by atoms with van der Waals surface area (Å²) in [6, 6.07) is 11.0. The predicted molar refractivity (Wildman–Crippen MR) is 110 cm³/mol. The average Bonchev–Trinajstić information content (AvgIpc) is 3.15. The van der Waals surface area contributed by atoms with Gasteiger partial charge in [0, 0.05) is 12.1 Å². The molecule has 2 aromatic heterocycles. The number of hydrogen-bond acceptors (Lipinski definition) is 6. The van der Waals surface area contributed by atoms with Crippen molar-refractivity contribution in [3.63, 3.8) is 0 Å². The van der Waals surface area contributed by atoms with Crippen molar-refractivity contribution in [2.45, 2.75) is 6.92 Å². The van der Waals surface area contributed by atoms with Crippen LogP contribution in [0.1, 0.15) is 15.9 Å². The summed E-state index contributed by atoms with van der Waals surface area (Å²) in [5.74, 6) is -0.794. The van der Waals surface area contributed by atoms with E-state index in [2.05, 4.69) is 15.5 Å². The Balaban J connectivity index is 1.69. The molecule has 0 bridgehead atoms. The van der Waals surface area contributed by atoms with E-state index in [4.69, 9.17) is 11.6 Å². The van der Waals surface area contributed by atoms with Crippen LogP contribution in [0.15, 0.2) is 59.8 Å². The zero-order chi connectivity index (χ0) is 21.4. The molecule has 0 aliphatic carbocycles.